The fourth-order valence-electron chi connectivity index (χ4n) is 2.38. The second-order valence-electron chi connectivity index (χ2n) is 6.10. The Morgan fingerprint density at radius 2 is 2.00 bits per heavy atom. The zero-order valence-corrected chi connectivity index (χ0v) is 15.6. The number of aryl methyl sites for hydroxylation is 2. The van der Waals surface area contributed by atoms with E-state index in [1.165, 1.54) is 11.3 Å². The van der Waals surface area contributed by atoms with Gasteiger partial charge in [-0.25, -0.2) is 4.98 Å². The van der Waals surface area contributed by atoms with Crippen molar-refractivity contribution >= 4 is 22.4 Å². The number of carbonyl (C=O) groups excluding carboxylic acids is 1. The number of thiazole rings is 1. The van der Waals surface area contributed by atoms with Crippen molar-refractivity contribution < 1.29 is 9.53 Å². The van der Waals surface area contributed by atoms with E-state index in [1.807, 2.05) is 56.4 Å². The molecule has 0 aliphatic rings. The predicted molar refractivity (Wildman–Crippen MR) is 98.8 cm³/mol. The Kier molecular flexibility index (Phi) is 6.75. The number of aromatic nitrogens is 1. The maximum atomic E-state index is 12.0. The molecule has 1 N–H and O–H groups in total. The number of nitrogens with zero attached hydrogens (tertiary/aromatic N) is 2. The van der Waals surface area contributed by atoms with E-state index in [9.17, 15) is 4.79 Å². The van der Waals surface area contributed by atoms with Gasteiger partial charge in [0.15, 0.2) is 5.13 Å². The number of amides is 1. The van der Waals surface area contributed by atoms with Gasteiger partial charge in [0.2, 0.25) is 5.91 Å². The monoisotopic (exact) mass is 347 g/mol. The summed E-state index contributed by atoms with van der Waals surface area (Å²) < 4.78 is 5.82. The molecular weight excluding hydrogens is 322 g/mol. The highest BCUT2D eigenvalue weighted by Gasteiger charge is 2.08. The topological polar surface area (TPSA) is 54.5 Å². The number of nitrogens with one attached hydrogen (secondary N) is 1. The second kappa shape index (κ2) is 8.80. The Labute approximate surface area is 147 Å². The Bertz CT molecular complexity index is 662. The van der Waals surface area contributed by atoms with Gasteiger partial charge < -0.3 is 15.0 Å². The van der Waals surface area contributed by atoms with E-state index in [1.54, 1.807) is 0 Å². The summed E-state index contributed by atoms with van der Waals surface area (Å²) in [5.41, 5.74) is 3.21. The Morgan fingerprint density at radius 1 is 1.29 bits per heavy atom. The highest BCUT2D eigenvalue weighted by Crippen LogP contribution is 2.22. The first-order valence-corrected chi connectivity index (χ1v) is 8.91. The molecule has 0 bridgehead atoms. The molecule has 6 heteroatoms. The molecule has 0 saturated carbocycles. The summed E-state index contributed by atoms with van der Waals surface area (Å²) >= 11 is 1.46. The van der Waals surface area contributed by atoms with Crippen molar-refractivity contribution in [2.75, 3.05) is 26.0 Å². The minimum absolute atomic E-state index is 0.0224. The average molecular weight is 347 g/mol. The van der Waals surface area contributed by atoms with Gasteiger partial charge in [0.1, 0.15) is 5.75 Å². The molecule has 24 heavy (non-hydrogen) atoms. The number of hydrogen-bond acceptors (Lipinski definition) is 5. The lowest BCUT2D eigenvalue weighted by molar-refractivity contribution is -0.116. The number of anilines is 1. The molecule has 0 unspecified atom stereocenters. The third-order valence-electron chi connectivity index (χ3n) is 3.48. The van der Waals surface area contributed by atoms with Crippen LogP contribution in [0, 0.1) is 13.8 Å². The molecule has 1 aromatic heterocycles. The summed E-state index contributed by atoms with van der Waals surface area (Å²) in [7, 11) is 3.99. The Hall–Kier alpha value is -1.92. The van der Waals surface area contributed by atoms with Gasteiger partial charge in [-0.2, -0.15) is 0 Å². The largest absolute Gasteiger partial charge is 0.493 e. The highest BCUT2D eigenvalue weighted by molar-refractivity contribution is 7.13. The summed E-state index contributed by atoms with van der Waals surface area (Å²) in [6.45, 7) is 5.37. The van der Waals surface area contributed by atoms with Gasteiger partial charge in [-0.1, -0.05) is 18.2 Å². The molecule has 0 saturated heterocycles. The first-order chi connectivity index (χ1) is 11.5. The van der Waals surface area contributed by atoms with Gasteiger partial charge in [-0.05, 0) is 45.5 Å². The molecule has 5 nitrogen and oxygen atoms in total. The SMILES string of the molecule is Cc1cccc(C)c1OCCCC(=O)Nc1nc(CN(C)C)cs1. The van der Waals surface area contributed by atoms with Gasteiger partial charge in [0.25, 0.3) is 0 Å². The van der Waals surface area contributed by atoms with Crippen LogP contribution >= 0.6 is 11.3 Å². The third kappa shape index (κ3) is 5.62. The highest BCUT2D eigenvalue weighted by atomic mass is 32.1. The molecule has 1 amide bonds. The summed E-state index contributed by atoms with van der Waals surface area (Å²) in [4.78, 5) is 18.4. The van der Waals surface area contributed by atoms with Crippen LogP contribution in [-0.2, 0) is 11.3 Å². The first-order valence-electron chi connectivity index (χ1n) is 8.03. The molecule has 0 atom stereocenters. The minimum Gasteiger partial charge on any atom is -0.493 e. The van der Waals surface area contributed by atoms with E-state index in [2.05, 4.69) is 10.3 Å². The summed E-state index contributed by atoms with van der Waals surface area (Å²) in [5, 5.41) is 5.48. The zero-order valence-electron chi connectivity index (χ0n) is 14.8. The lowest BCUT2D eigenvalue weighted by Gasteiger charge is -2.11. The van der Waals surface area contributed by atoms with Crippen LogP contribution in [0.3, 0.4) is 0 Å². The molecule has 0 spiro atoms. The van der Waals surface area contributed by atoms with Gasteiger partial charge in [-0.15, -0.1) is 11.3 Å². The summed E-state index contributed by atoms with van der Waals surface area (Å²) in [6, 6.07) is 6.08. The maximum Gasteiger partial charge on any atom is 0.226 e. The molecule has 0 fully saturated rings. The van der Waals surface area contributed by atoms with Gasteiger partial charge >= 0.3 is 0 Å². The molecule has 0 radical (unpaired) electrons. The van der Waals surface area contributed by atoms with E-state index in [-0.39, 0.29) is 5.91 Å². The normalized spacial score (nSPS) is 10.9. The van der Waals surface area contributed by atoms with E-state index in [0.29, 0.717) is 24.6 Å². The quantitative estimate of drug-likeness (QED) is 0.741. The summed E-state index contributed by atoms with van der Waals surface area (Å²) in [6.07, 6.45) is 1.10. The van der Waals surface area contributed by atoms with Crippen molar-refractivity contribution in [2.24, 2.45) is 0 Å². The Morgan fingerprint density at radius 3 is 2.67 bits per heavy atom. The second-order valence-corrected chi connectivity index (χ2v) is 6.96. The van der Waals surface area contributed by atoms with Crippen molar-refractivity contribution in [3.63, 3.8) is 0 Å². The van der Waals surface area contributed by atoms with Crippen LogP contribution in [0.25, 0.3) is 0 Å². The van der Waals surface area contributed by atoms with Crippen LogP contribution in [0.5, 0.6) is 5.75 Å². The zero-order chi connectivity index (χ0) is 17.5. The Balaban J connectivity index is 1.72. The molecule has 1 aromatic carbocycles. The fraction of sp³-hybridized carbons (Fsp3) is 0.444. The van der Waals surface area contributed by atoms with E-state index < -0.39 is 0 Å². The standard InChI is InChI=1S/C18H25N3O2S/c1-13-7-5-8-14(2)17(13)23-10-6-9-16(22)20-18-19-15(12-24-18)11-21(3)4/h5,7-8,12H,6,9-11H2,1-4H3,(H,19,20,22). The molecule has 130 valence electrons. The molecule has 2 rings (SSSR count). The van der Waals surface area contributed by atoms with Crippen LogP contribution in [-0.4, -0.2) is 36.5 Å². The van der Waals surface area contributed by atoms with Crippen molar-refractivity contribution in [3.8, 4) is 5.75 Å². The van der Waals surface area contributed by atoms with E-state index >= 15 is 0 Å². The van der Waals surface area contributed by atoms with Gasteiger partial charge in [0.05, 0.1) is 12.3 Å². The van der Waals surface area contributed by atoms with Crippen LogP contribution in [0.4, 0.5) is 5.13 Å². The van der Waals surface area contributed by atoms with Crippen LogP contribution in [0.15, 0.2) is 23.6 Å². The summed E-state index contributed by atoms with van der Waals surface area (Å²) in [5.74, 6) is 0.900. The van der Waals surface area contributed by atoms with Crippen LogP contribution in [0.1, 0.15) is 29.7 Å². The smallest absolute Gasteiger partial charge is 0.226 e. The van der Waals surface area contributed by atoms with E-state index in [4.69, 9.17) is 4.74 Å². The van der Waals surface area contributed by atoms with Crippen LogP contribution < -0.4 is 10.1 Å². The molecule has 2 aromatic rings. The molecular formula is C18H25N3O2S. The lowest BCUT2D eigenvalue weighted by Crippen LogP contribution is -2.14. The van der Waals surface area contributed by atoms with Gasteiger partial charge in [0, 0.05) is 18.3 Å². The molecule has 0 aliphatic carbocycles. The average Bonchev–Trinajstić information content (AvgIpc) is 2.92. The lowest BCUT2D eigenvalue weighted by atomic mass is 10.1. The number of carbonyl (C=O) groups is 1. The predicted octanol–water partition coefficient (Wildman–Crippen LogP) is 3.62. The number of hydrogen-bond donors (Lipinski definition) is 1. The van der Waals surface area contributed by atoms with Crippen LogP contribution in [0.2, 0.25) is 0 Å². The van der Waals surface area contributed by atoms with E-state index in [0.717, 1.165) is 29.1 Å². The number of ether oxygens (including phenoxy) is 1. The molecule has 0 aliphatic heterocycles. The first kappa shape index (κ1) is 18.4. The number of rotatable bonds is 8. The maximum absolute atomic E-state index is 12.0. The third-order valence-corrected chi connectivity index (χ3v) is 4.29. The van der Waals surface area contributed by atoms with Crippen molar-refractivity contribution in [3.05, 3.63) is 40.4 Å². The fourth-order valence-corrected chi connectivity index (χ4v) is 3.09. The van der Waals surface area contributed by atoms with Crippen molar-refractivity contribution in [2.45, 2.75) is 33.2 Å². The van der Waals surface area contributed by atoms with Gasteiger partial charge in [-0.3, -0.25) is 4.79 Å². The van der Waals surface area contributed by atoms with Crippen molar-refractivity contribution in [1.29, 1.82) is 0 Å². The van der Waals surface area contributed by atoms with Crippen molar-refractivity contribution in [1.82, 2.24) is 9.88 Å². The number of para-hydroxylation sites is 1. The minimum atomic E-state index is -0.0224. The molecule has 1 heterocycles. The number of benzene rings is 1.